The van der Waals surface area contributed by atoms with Crippen LogP contribution in [-0.2, 0) is 17.8 Å². The van der Waals surface area contributed by atoms with Gasteiger partial charge in [0, 0.05) is 45.0 Å². The molecular formula is C24H36N10O. The van der Waals surface area contributed by atoms with Crippen molar-refractivity contribution in [2.24, 2.45) is 0 Å². The molecule has 3 aromatic heterocycles. The van der Waals surface area contributed by atoms with E-state index in [1.807, 2.05) is 6.92 Å². The van der Waals surface area contributed by atoms with Crippen LogP contribution in [0, 0.1) is 6.92 Å². The van der Waals surface area contributed by atoms with Gasteiger partial charge in [-0.1, -0.05) is 0 Å². The van der Waals surface area contributed by atoms with Crippen LogP contribution in [0.3, 0.4) is 0 Å². The molecule has 0 spiro atoms. The number of nitrogens with zero attached hydrogens (tertiary/aromatic N) is 9. The molecule has 2 N–H and O–H groups in total. The highest BCUT2D eigenvalue weighted by atomic mass is 16.5. The first-order valence-corrected chi connectivity index (χ1v) is 12.5. The largest absolute Gasteiger partial charge is 0.378 e. The summed E-state index contributed by atoms with van der Waals surface area (Å²) in [6.07, 6.45) is 4.07. The summed E-state index contributed by atoms with van der Waals surface area (Å²) in [5.41, 5.74) is 9.05. The van der Waals surface area contributed by atoms with Crippen LogP contribution < -0.4 is 10.6 Å². The number of imidazole rings is 1. The number of rotatable bonds is 6. The first-order chi connectivity index (χ1) is 16.9. The molecule has 2 saturated heterocycles. The Morgan fingerprint density at radius 2 is 1.80 bits per heavy atom. The Balaban J connectivity index is 1.56. The first-order valence-electron chi connectivity index (χ1n) is 12.5. The van der Waals surface area contributed by atoms with E-state index in [1.165, 1.54) is 12.8 Å². The molecular weight excluding hydrogens is 444 g/mol. The molecule has 188 valence electrons. The predicted octanol–water partition coefficient (Wildman–Crippen LogP) is 1.56. The van der Waals surface area contributed by atoms with Crippen LogP contribution in [-0.4, -0.2) is 98.8 Å². The molecule has 5 heterocycles. The van der Waals surface area contributed by atoms with Gasteiger partial charge in [0.1, 0.15) is 5.82 Å². The number of aryl methyl sites for hydroxylation is 2. The van der Waals surface area contributed by atoms with Crippen molar-refractivity contribution in [2.45, 2.75) is 45.8 Å². The quantitative estimate of drug-likeness (QED) is 0.557. The zero-order valence-electron chi connectivity index (χ0n) is 21.2. The molecule has 5 rings (SSSR count). The van der Waals surface area contributed by atoms with Gasteiger partial charge in [-0.05, 0) is 40.8 Å². The van der Waals surface area contributed by atoms with Gasteiger partial charge in [-0.15, -0.1) is 0 Å². The van der Waals surface area contributed by atoms with Crippen LogP contribution in [0.2, 0.25) is 0 Å². The zero-order chi connectivity index (χ0) is 24.5. The lowest BCUT2D eigenvalue weighted by molar-refractivity contribution is 0.122. The van der Waals surface area contributed by atoms with Gasteiger partial charge in [0.25, 0.3) is 0 Å². The second-order valence-electron chi connectivity index (χ2n) is 9.61. The van der Waals surface area contributed by atoms with Crippen molar-refractivity contribution < 1.29 is 4.74 Å². The van der Waals surface area contributed by atoms with E-state index in [1.54, 1.807) is 6.20 Å². The fourth-order valence-electron chi connectivity index (χ4n) is 5.10. The zero-order valence-corrected chi connectivity index (χ0v) is 21.2. The summed E-state index contributed by atoms with van der Waals surface area (Å²) in [7, 11) is 4.35. The van der Waals surface area contributed by atoms with Crippen LogP contribution in [0.15, 0.2) is 6.20 Å². The van der Waals surface area contributed by atoms with Crippen molar-refractivity contribution in [3.8, 4) is 11.4 Å². The minimum atomic E-state index is 0.250. The van der Waals surface area contributed by atoms with E-state index in [9.17, 15) is 0 Å². The number of ether oxygens (including phenoxy) is 1. The second-order valence-corrected chi connectivity index (χ2v) is 9.61. The number of aromatic nitrogens is 6. The SMILES string of the molecule is CCn1c(CN2CCC(N(C)C)CC2)nc2c(N3CCOCC3)nc(-c3cnc(N)nc3C)nc21. The summed E-state index contributed by atoms with van der Waals surface area (Å²) >= 11 is 0. The van der Waals surface area contributed by atoms with Crippen LogP contribution in [0.4, 0.5) is 11.8 Å². The summed E-state index contributed by atoms with van der Waals surface area (Å²) in [5.74, 6) is 2.74. The molecule has 0 aliphatic carbocycles. The molecule has 0 radical (unpaired) electrons. The van der Waals surface area contributed by atoms with Crippen molar-refractivity contribution >= 4 is 22.9 Å². The summed E-state index contributed by atoms with van der Waals surface area (Å²) in [4.78, 5) is 30.8. The molecule has 3 aromatic rings. The molecule has 35 heavy (non-hydrogen) atoms. The van der Waals surface area contributed by atoms with Gasteiger partial charge in [-0.2, -0.15) is 0 Å². The third-order valence-corrected chi connectivity index (χ3v) is 7.17. The average Bonchev–Trinajstić information content (AvgIpc) is 3.21. The van der Waals surface area contributed by atoms with Gasteiger partial charge in [0.05, 0.1) is 31.0 Å². The van der Waals surface area contributed by atoms with E-state index in [4.69, 9.17) is 25.4 Å². The predicted molar refractivity (Wildman–Crippen MR) is 136 cm³/mol. The minimum absolute atomic E-state index is 0.250. The maximum Gasteiger partial charge on any atom is 0.220 e. The number of morpholine rings is 1. The monoisotopic (exact) mass is 480 g/mol. The highest BCUT2D eigenvalue weighted by Gasteiger charge is 2.26. The number of fused-ring (bicyclic) bond motifs is 1. The highest BCUT2D eigenvalue weighted by Crippen LogP contribution is 2.30. The molecule has 0 unspecified atom stereocenters. The van der Waals surface area contributed by atoms with Crippen LogP contribution in [0.1, 0.15) is 31.3 Å². The van der Waals surface area contributed by atoms with Crippen LogP contribution in [0.5, 0.6) is 0 Å². The van der Waals surface area contributed by atoms with E-state index >= 15 is 0 Å². The summed E-state index contributed by atoms with van der Waals surface area (Å²) in [6, 6.07) is 0.656. The molecule has 11 heteroatoms. The Bertz CT molecular complexity index is 1180. The standard InChI is InChI=1S/C24H36N10O/c1-5-34-19(15-32-8-6-17(7-9-32)31(3)4)28-20-22(33-10-12-35-13-11-33)29-21(30-23(20)34)18-14-26-24(25)27-16(18)2/h14,17H,5-13,15H2,1-4H3,(H2,25,26,27). The number of likely N-dealkylation sites (tertiary alicyclic amines) is 1. The Morgan fingerprint density at radius 1 is 1.06 bits per heavy atom. The minimum Gasteiger partial charge on any atom is -0.378 e. The van der Waals surface area contributed by atoms with Crippen molar-refractivity contribution in [3.63, 3.8) is 0 Å². The molecule has 0 saturated carbocycles. The number of hydrogen-bond acceptors (Lipinski definition) is 10. The normalized spacial score (nSPS) is 18.1. The molecule has 2 aliphatic rings. The van der Waals surface area contributed by atoms with E-state index in [-0.39, 0.29) is 5.95 Å². The maximum atomic E-state index is 5.80. The third kappa shape index (κ3) is 4.80. The van der Waals surface area contributed by atoms with E-state index in [0.717, 1.165) is 73.3 Å². The van der Waals surface area contributed by atoms with Gasteiger partial charge in [0.2, 0.25) is 5.95 Å². The van der Waals surface area contributed by atoms with Gasteiger partial charge >= 0.3 is 0 Å². The van der Waals surface area contributed by atoms with Crippen LogP contribution in [0.25, 0.3) is 22.6 Å². The van der Waals surface area contributed by atoms with E-state index in [2.05, 4.69) is 50.3 Å². The van der Waals surface area contributed by atoms with Gasteiger partial charge in [-0.25, -0.2) is 24.9 Å². The van der Waals surface area contributed by atoms with Crippen molar-refractivity contribution in [1.29, 1.82) is 0 Å². The van der Waals surface area contributed by atoms with Gasteiger partial charge < -0.3 is 24.8 Å². The number of hydrogen-bond donors (Lipinski definition) is 1. The molecule has 0 bridgehead atoms. The Morgan fingerprint density at radius 3 is 2.46 bits per heavy atom. The molecule has 2 fully saturated rings. The molecule has 11 nitrogen and oxygen atoms in total. The smallest absolute Gasteiger partial charge is 0.220 e. The Kier molecular flexibility index (Phi) is 6.81. The Hall–Kier alpha value is -2.89. The number of anilines is 2. The number of nitrogens with two attached hydrogens (primary N) is 1. The average molecular weight is 481 g/mol. The molecule has 0 amide bonds. The van der Waals surface area contributed by atoms with E-state index < -0.39 is 0 Å². The van der Waals surface area contributed by atoms with Gasteiger partial charge in [0.15, 0.2) is 22.8 Å². The summed E-state index contributed by atoms with van der Waals surface area (Å²) < 4.78 is 7.83. The molecule has 0 aromatic carbocycles. The third-order valence-electron chi connectivity index (χ3n) is 7.17. The fourth-order valence-corrected chi connectivity index (χ4v) is 5.10. The summed E-state index contributed by atoms with van der Waals surface area (Å²) in [6.45, 7) is 10.7. The Labute approximate surface area is 206 Å². The first kappa shape index (κ1) is 23.8. The van der Waals surface area contributed by atoms with Gasteiger partial charge in [-0.3, -0.25) is 4.90 Å². The second kappa shape index (κ2) is 10.00. The number of piperidine rings is 1. The van der Waals surface area contributed by atoms with Crippen molar-refractivity contribution in [2.75, 3.05) is 64.1 Å². The molecule has 0 atom stereocenters. The fraction of sp³-hybridized carbons (Fsp3) is 0.625. The van der Waals surface area contributed by atoms with E-state index in [0.29, 0.717) is 25.1 Å². The van der Waals surface area contributed by atoms with Crippen molar-refractivity contribution in [3.05, 3.63) is 17.7 Å². The lowest BCUT2D eigenvalue weighted by Gasteiger charge is -2.34. The lowest BCUT2D eigenvalue weighted by atomic mass is 10.0. The van der Waals surface area contributed by atoms with Crippen LogP contribution >= 0.6 is 0 Å². The van der Waals surface area contributed by atoms with Crippen molar-refractivity contribution in [1.82, 2.24) is 39.3 Å². The maximum absolute atomic E-state index is 5.80. The lowest BCUT2D eigenvalue weighted by Crippen LogP contribution is -2.41. The highest BCUT2D eigenvalue weighted by molar-refractivity contribution is 5.86. The molecule has 2 aliphatic heterocycles. The summed E-state index contributed by atoms with van der Waals surface area (Å²) in [5, 5.41) is 0. The number of nitrogen functional groups attached to an aromatic ring is 1. The topological polar surface area (TPSA) is 114 Å².